The summed E-state index contributed by atoms with van der Waals surface area (Å²) >= 11 is 0. The summed E-state index contributed by atoms with van der Waals surface area (Å²) in [5, 5.41) is 3.59. The molecule has 2 rings (SSSR count). The quantitative estimate of drug-likeness (QED) is 0.803. The molecule has 2 N–H and O–H groups in total. The zero-order chi connectivity index (χ0) is 10.7. The molecule has 2 heterocycles. The predicted molar refractivity (Wildman–Crippen MR) is 57.3 cm³/mol. The molecule has 1 fully saturated rings. The van der Waals surface area contributed by atoms with Crippen molar-refractivity contribution in [1.82, 2.24) is 15.0 Å². The molecule has 0 radical (unpaired) electrons. The van der Waals surface area contributed by atoms with E-state index in [4.69, 9.17) is 10.3 Å². The first-order chi connectivity index (χ1) is 7.28. The molecule has 0 aliphatic carbocycles. The first-order valence-electron chi connectivity index (χ1n) is 5.58. The van der Waals surface area contributed by atoms with Gasteiger partial charge in [0.25, 0.3) is 5.95 Å². The molecule has 1 saturated heterocycles. The molecule has 0 bridgehead atoms. The fraction of sp³-hybridized carbons (Fsp3) is 0.800. The fourth-order valence-corrected chi connectivity index (χ4v) is 2.10. The lowest BCUT2D eigenvalue weighted by Gasteiger charge is -2.30. The van der Waals surface area contributed by atoms with Crippen LogP contribution in [-0.2, 0) is 6.42 Å². The summed E-state index contributed by atoms with van der Waals surface area (Å²) in [4.78, 5) is 6.50. The third-order valence-electron chi connectivity index (χ3n) is 3.10. The van der Waals surface area contributed by atoms with Crippen LogP contribution in [0, 0.1) is 5.92 Å². The molecule has 5 nitrogen and oxygen atoms in total. The Labute approximate surface area is 89.6 Å². The molecule has 0 saturated carbocycles. The Hall–Kier alpha value is -1.10. The van der Waals surface area contributed by atoms with E-state index >= 15 is 0 Å². The molecule has 1 aliphatic rings. The molecule has 5 heteroatoms. The number of rotatable bonds is 3. The number of nitrogens with zero attached hydrogens (tertiary/aromatic N) is 3. The Morgan fingerprint density at radius 1 is 1.47 bits per heavy atom. The van der Waals surface area contributed by atoms with Crippen LogP contribution in [0.15, 0.2) is 4.52 Å². The third-order valence-corrected chi connectivity index (χ3v) is 3.10. The van der Waals surface area contributed by atoms with Gasteiger partial charge in [-0.05, 0) is 43.6 Å². The molecular formula is C10H18N4O. The van der Waals surface area contributed by atoms with Crippen molar-refractivity contribution in [3.05, 3.63) is 5.89 Å². The average Bonchev–Trinajstić information content (AvgIpc) is 2.65. The van der Waals surface area contributed by atoms with E-state index in [2.05, 4.69) is 22.0 Å². The van der Waals surface area contributed by atoms with Crippen LogP contribution in [0.2, 0.25) is 0 Å². The predicted octanol–water partition coefficient (Wildman–Crippen LogP) is 0.926. The van der Waals surface area contributed by atoms with Gasteiger partial charge in [-0.3, -0.25) is 0 Å². The van der Waals surface area contributed by atoms with E-state index < -0.39 is 0 Å². The topological polar surface area (TPSA) is 68.2 Å². The van der Waals surface area contributed by atoms with E-state index in [9.17, 15) is 0 Å². The molecule has 84 valence electrons. The number of hydrogen-bond acceptors (Lipinski definition) is 5. The fourth-order valence-electron chi connectivity index (χ4n) is 2.10. The average molecular weight is 210 g/mol. The zero-order valence-corrected chi connectivity index (χ0v) is 9.15. The lowest BCUT2D eigenvalue weighted by atomic mass is 9.93. The summed E-state index contributed by atoms with van der Waals surface area (Å²) in [6.45, 7) is 5.73. The molecular weight excluding hydrogens is 192 g/mol. The summed E-state index contributed by atoms with van der Waals surface area (Å²) in [6, 6.07) is 0. The zero-order valence-electron chi connectivity index (χ0n) is 9.15. The Bertz CT molecular complexity index is 304. The number of aromatic nitrogens is 2. The van der Waals surface area contributed by atoms with Crippen LogP contribution in [0.5, 0.6) is 0 Å². The van der Waals surface area contributed by atoms with Crippen molar-refractivity contribution in [3.63, 3.8) is 0 Å². The summed E-state index contributed by atoms with van der Waals surface area (Å²) in [5.74, 6) is 1.60. The van der Waals surface area contributed by atoms with E-state index in [1.165, 1.54) is 25.9 Å². The highest BCUT2D eigenvalue weighted by Crippen LogP contribution is 2.20. The van der Waals surface area contributed by atoms with Crippen molar-refractivity contribution in [2.45, 2.75) is 26.2 Å². The van der Waals surface area contributed by atoms with Crippen molar-refractivity contribution in [1.29, 1.82) is 0 Å². The van der Waals surface area contributed by atoms with Gasteiger partial charge in [0.15, 0.2) is 0 Å². The first-order valence-corrected chi connectivity index (χ1v) is 5.58. The number of likely N-dealkylation sites (tertiary alicyclic amines) is 1. The molecule has 0 atom stereocenters. The Balaban J connectivity index is 1.82. The third kappa shape index (κ3) is 2.68. The minimum atomic E-state index is 0.246. The van der Waals surface area contributed by atoms with Crippen LogP contribution < -0.4 is 5.73 Å². The second kappa shape index (κ2) is 4.61. The van der Waals surface area contributed by atoms with E-state index in [0.29, 0.717) is 11.8 Å². The van der Waals surface area contributed by atoms with Crippen molar-refractivity contribution < 1.29 is 4.52 Å². The maximum absolute atomic E-state index is 5.40. The molecule has 0 spiro atoms. The first kappa shape index (κ1) is 10.4. The summed E-state index contributed by atoms with van der Waals surface area (Å²) in [5.41, 5.74) is 5.40. The van der Waals surface area contributed by atoms with E-state index in [1.807, 2.05) is 0 Å². The Morgan fingerprint density at radius 2 is 2.20 bits per heavy atom. The highest BCUT2D eigenvalue weighted by Gasteiger charge is 2.20. The maximum Gasteiger partial charge on any atom is 0.260 e. The smallest absolute Gasteiger partial charge is 0.260 e. The number of nitrogens with two attached hydrogens (primary N) is 1. The van der Waals surface area contributed by atoms with E-state index in [0.717, 1.165) is 13.0 Å². The van der Waals surface area contributed by atoms with Crippen LogP contribution in [-0.4, -0.2) is 34.7 Å². The van der Waals surface area contributed by atoms with Gasteiger partial charge in [0.2, 0.25) is 5.89 Å². The molecule has 0 amide bonds. The van der Waals surface area contributed by atoms with E-state index in [1.54, 1.807) is 0 Å². The molecule has 0 unspecified atom stereocenters. The highest BCUT2D eigenvalue weighted by atomic mass is 16.5. The van der Waals surface area contributed by atoms with Gasteiger partial charge in [0.1, 0.15) is 0 Å². The minimum Gasteiger partial charge on any atom is -0.365 e. The largest absolute Gasteiger partial charge is 0.365 e. The van der Waals surface area contributed by atoms with Gasteiger partial charge in [-0.2, -0.15) is 4.98 Å². The van der Waals surface area contributed by atoms with E-state index in [-0.39, 0.29) is 5.95 Å². The summed E-state index contributed by atoms with van der Waals surface area (Å²) in [7, 11) is 0. The number of hydrogen-bond donors (Lipinski definition) is 1. The highest BCUT2D eigenvalue weighted by molar-refractivity contribution is 5.10. The van der Waals surface area contributed by atoms with Gasteiger partial charge in [0, 0.05) is 6.42 Å². The molecule has 1 aromatic heterocycles. The van der Waals surface area contributed by atoms with Crippen molar-refractivity contribution in [2.24, 2.45) is 5.92 Å². The van der Waals surface area contributed by atoms with Crippen LogP contribution in [0.4, 0.5) is 5.95 Å². The summed E-state index contributed by atoms with van der Waals surface area (Å²) in [6.07, 6.45) is 3.31. The van der Waals surface area contributed by atoms with Crippen LogP contribution in [0.25, 0.3) is 0 Å². The number of nitrogen functional groups attached to an aromatic ring is 1. The normalized spacial score (nSPS) is 19.5. The van der Waals surface area contributed by atoms with Gasteiger partial charge >= 0.3 is 0 Å². The van der Waals surface area contributed by atoms with Crippen LogP contribution in [0.3, 0.4) is 0 Å². The lowest BCUT2D eigenvalue weighted by molar-refractivity contribution is 0.185. The van der Waals surface area contributed by atoms with Crippen molar-refractivity contribution >= 4 is 5.95 Å². The van der Waals surface area contributed by atoms with Crippen LogP contribution >= 0.6 is 0 Å². The van der Waals surface area contributed by atoms with Crippen molar-refractivity contribution in [2.75, 3.05) is 25.4 Å². The Morgan fingerprint density at radius 3 is 2.73 bits per heavy atom. The van der Waals surface area contributed by atoms with Crippen molar-refractivity contribution in [3.8, 4) is 0 Å². The standard InChI is InChI=1S/C10H18N4O/c1-2-14-5-3-8(4-6-14)7-9-12-10(11)13-15-9/h8H,2-7H2,1H3,(H2,11,13). The molecule has 0 aromatic carbocycles. The molecule has 1 aromatic rings. The van der Waals surface area contributed by atoms with Gasteiger partial charge < -0.3 is 15.2 Å². The minimum absolute atomic E-state index is 0.246. The van der Waals surface area contributed by atoms with Crippen LogP contribution in [0.1, 0.15) is 25.7 Å². The molecule has 1 aliphatic heterocycles. The molecule has 15 heavy (non-hydrogen) atoms. The van der Waals surface area contributed by atoms with Gasteiger partial charge in [-0.1, -0.05) is 6.92 Å². The summed E-state index contributed by atoms with van der Waals surface area (Å²) < 4.78 is 5.02. The van der Waals surface area contributed by atoms with Gasteiger partial charge in [-0.15, -0.1) is 0 Å². The second-order valence-electron chi connectivity index (χ2n) is 4.13. The Kier molecular flexibility index (Phi) is 3.20. The number of anilines is 1. The van der Waals surface area contributed by atoms with Gasteiger partial charge in [0.05, 0.1) is 0 Å². The monoisotopic (exact) mass is 210 g/mol. The SMILES string of the molecule is CCN1CCC(Cc2nc(N)no2)CC1. The maximum atomic E-state index is 5.40. The lowest BCUT2D eigenvalue weighted by Crippen LogP contribution is -2.34. The van der Waals surface area contributed by atoms with Gasteiger partial charge in [-0.25, -0.2) is 0 Å². The second-order valence-corrected chi connectivity index (χ2v) is 4.13. The number of piperidine rings is 1.